The molecule has 0 spiro atoms. The number of likely N-dealkylation sites (tertiary alicyclic amines) is 1. The van der Waals surface area contributed by atoms with Crippen LogP contribution in [0.3, 0.4) is 0 Å². The maximum atomic E-state index is 12.8. The van der Waals surface area contributed by atoms with Gasteiger partial charge in [0.25, 0.3) is 5.91 Å². The van der Waals surface area contributed by atoms with Gasteiger partial charge in [-0.05, 0) is 55.2 Å². The average molecular weight is 435 g/mol. The number of hydrogen-bond donors (Lipinski definition) is 0. The number of nitrogens with zero attached hydrogens (tertiary/aromatic N) is 2. The predicted molar refractivity (Wildman–Crippen MR) is 113 cm³/mol. The van der Waals surface area contributed by atoms with Crippen molar-refractivity contribution in [2.75, 3.05) is 30.3 Å². The fraction of sp³-hybridized carbons (Fsp3) is 0.381. The van der Waals surface area contributed by atoms with Crippen molar-refractivity contribution in [2.45, 2.75) is 25.3 Å². The van der Waals surface area contributed by atoms with Gasteiger partial charge in [0.1, 0.15) is 18.4 Å². The number of sulfonamides is 1. The van der Waals surface area contributed by atoms with Crippen molar-refractivity contribution < 1.29 is 17.9 Å². The first-order valence-electron chi connectivity index (χ1n) is 9.65. The number of carbonyl (C=O) groups excluding carboxylic acids is 1. The second-order valence-electron chi connectivity index (χ2n) is 7.47. The van der Waals surface area contributed by atoms with E-state index in [4.69, 9.17) is 16.3 Å². The van der Waals surface area contributed by atoms with E-state index in [0.29, 0.717) is 22.0 Å². The Kier molecular flexibility index (Phi) is 5.44. The summed E-state index contributed by atoms with van der Waals surface area (Å²) in [5.74, 6) is 0.366. The van der Waals surface area contributed by atoms with Crippen molar-refractivity contribution in [1.82, 2.24) is 4.90 Å². The topological polar surface area (TPSA) is 66.9 Å². The molecule has 6 nitrogen and oxygen atoms in total. The van der Waals surface area contributed by atoms with Crippen LogP contribution in [0, 0.1) is 0 Å². The molecule has 1 saturated heterocycles. The van der Waals surface area contributed by atoms with Crippen LogP contribution in [-0.4, -0.2) is 45.2 Å². The zero-order chi connectivity index (χ0) is 20.6. The van der Waals surface area contributed by atoms with Crippen molar-refractivity contribution in [3.8, 4) is 5.75 Å². The molecule has 0 saturated carbocycles. The van der Waals surface area contributed by atoms with Crippen LogP contribution in [0.4, 0.5) is 5.69 Å². The third kappa shape index (κ3) is 4.07. The van der Waals surface area contributed by atoms with Gasteiger partial charge < -0.3 is 9.64 Å². The Balaban J connectivity index is 1.69. The number of ether oxygens (including phenoxy) is 1. The highest BCUT2D eigenvalue weighted by Crippen LogP contribution is 2.42. The monoisotopic (exact) mass is 434 g/mol. The van der Waals surface area contributed by atoms with E-state index in [2.05, 4.69) is 0 Å². The Morgan fingerprint density at radius 3 is 2.41 bits per heavy atom. The van der Waals surface area contributed by atoms with Gasteiger partial charge in [-0.3, -0.25) is 9.10 Å². The van der Waals surface area contributed by atoms with Crippen molar-refractivity contribution in [2.24, 2.45) is 0 Å². The third-order valence-corrected chi connectivity index (χ3v) is 6.80. The van der Waals surface area contributed by atoms with Gasteiger partial charge >= 0.3 is 0 Å². The molecule has 2 aromatic rings. The van der Waals surface area contributed by atoms with Gasteiger partial charge in [-0.2, -0.15) is 0 Å². The lowest BCUT2D eigenvalue weighted by Gasteiger charge is -2.37. The number of amides is 1. The smallest absolute Gasteiger partial charge is 0.253 e. The maximum absolute atomic E-state index is 12.8. The zero-order valence-electron chi connectivity index (χ0n) is 16.2. The predicted octanol–water partition coefficient (Wildman–Crippen LogP) is 3.87. The Hall–Kier alpha value is -2.25. The van der Waals surface area contributed by atoms with E-state index in [1.807, 2.05) is 4.90 Å². The van der Waals surface area contributed by atoms with Crippen LogP contribution >= 0.6 is 11.6 Å². The number of rotatable bonds is 3. The molecule has 1 atom stereocenters. The molecule has 0 aromatic heterocycles. The molecule has 154 valence electrons. The van der Waals surface area contributed by atoms with Crippen LogP contribution in [-0.2, 0) is 10.0 Å². The molecule has 0 radical (unpaired) electrons. The van der Waals surface area contributed by atoms with Gasteiger partial charge in [-0.1, -0.05) is 23.7 Å². The summed E-state index contributed by atoms with van der Waals surface area (Å²) < 4.78 is 32.5. The second kappa shape index (κ2) is 7.88. The lowest BCUT2D eigenvalue weighted by Crippen LogP contribution is -2.40. The minimum Gasteiger partial charge on any atom is -0.489 e. The Bertz CT molecular complexity index is 1020. The highest BCUT2D eigenvalue weighted by molar-refractivity contribution is 7.92. The number of piperidine rings is 1. The minimum absolute atomic E-state index is 0.0400. The molecule has 1 amide bonds. The summed E-state index contributed by atoms with van der Waals surface area (Å²) in [6.07, 6.45) is 4.35. The first-order valence-corrected chi connectivity index (χ1v) is 11.9. The van der Waals surface area contributed by atoms with E-state index < -0.39 is 16.1 Å². The molecular weight excluding hydrogens is 412 g/mol. The third-order valence-electron chi connectivity index (χ3n) is 5.38. The number of benzene rings is 2. The van der Waals surface area contributed by atoms with Gasteiger partial charge in [0.05, 0.1) is 11.9 Å². The normalized spacial score (nSPS) is 19.4. The molecule has 0 aliphatic carbocycles. The SMILES string of the molecule is CS(=O)(=O)N1c2ccc(C(=O)N3CCCCC3)cc2OCC1c1ccc(Cl)cc1. The summed E-state index contributed by atoms with van der Waals surface area (Å²) in [6, 6.07) is 11.6. The van der Waals surface area contributed by atoms with Crippen LogP contribution in [0.1, 0.15) is 41.2 Å². The summed E-state index contributed by atoms with van der Waals surface area (Å²) in [4.78, 5) is 14.7. The average Bonchev–Trinajstić information content (AvgIpc) is 2.72. The molecule has 2 aliphatic rings. The minimum atomic E-state index is -3.58. The molecule has 2 aromatic carbocycles. The number of halogens is 1. The largest absolute Gasteiger partial charge is 0.489 e. The zero-order valence-corrected chi connectivity index (χ0v) is 17.7. The lowest BCUT2D eigenvalue weighted by atomic mass is 10.0. The molecule has 2 heterocycles. The summed E-state index contributed by atoms with van der Waals surface area (Å²) >= 11 is 5.97. The van der Waals surface area contributed by atoms with Crippen LogP contribution < -0.4 is 9.04 Å². The van der Waals surface area contributed by atoms with Gasteiger partial charge in [0, 0.05) is 23.7 Å². The highest BCUT2D eigenvalue weighted by atomic mass is 35.5. The van der Waals surface area contributed by atoms with Crippen molar-refractivity contribution in [1.29, 1.82) is 0 Å². The molecule has 29 heavy (non-hydrogen) atoms. The fourth-order valence-electron chi connectivity index (χ4n) is 3.96. The number of hydrogen-bond acceptors (Lipinski definition) is 4. The van der Waals surface area contributed by atoms with Crippen molar-refractivity contribution in [3.63, 3.8) is 0 Å². The highest BCUT2D eigenvalue weighted by Gasteiger charge is 2.35. The molecule has 2 aliphatic heterocycles. The van der Waals surface area contributed by atoms with Crippen LogP contribution in [0.2, 0.25) is 5.02 Å². The van der Waals surface area contributed by atoms with E-state index in [-0.39, 0.29) is 12.5 Å². The van der Waals surface area contributed by atoms with Crippen LogP contribution in [0.25, 0.3) is 0 Å². The summed E-state index contributed by atoms with van der Waals surface area (Å²) in [7, 11) is -3.58. The fourth-order valence-corrected chi connectivity index (χ4v) is 5.23. The van der Waals surface area contributed by atoms with Gasteiger partial charge in [-0.25, -0.2) is 8.42 Å². The number of anilines is 1. The van der Waals surface area contributed by atoms with E-state index >= 15 is 0 Å². The van der Waals surface area contributed by atoms with Crippen molar-refractivity contribution >= 4 is 33.2 Å². The first kappa shape index (κ1) is 20.0. The first-order chi connectivity index (χ1) is 13.8. The molecule has 0 N–H and O–H groups in total. The number of fused-ring (bicyclic) bond motifs is 1. The molecule has 1 fully saturated rings. The Morgan fingerprint density at radius 1 is 1.07 bits per heavy atom. The van der Waals surface area contributed by atoms with E-state index in [9.17, 15) is 13.2 Å². The Morgan fingerprint density at radius 2 is 1.76 bits per heavy atom. The van der Waals surface area contributed by atoms with Gasteiger partial charge in [0.2, 0.25) is 10.0 Å². The molecular formula is C21H23ClN2O4S. The maximum Gasteiger partial charge on any atom is 0.253 e. The van der Waals surface area contributed by atoms with Gasteiger partial charge in [-0.15, -0.1) is 0 Å². The molecule has 1 unspecified atom stereocenters. The van der Waals surface area contributed by atoms with E-state index in [1.54, 1.807) is 42.5 Å². The summed E-state index contributed by atoms with van der Waals surface area (Å²) in [5, 5.41) is 0.581. The van der Waals surface area contributed by atoms with Crippen molar-refractivity contribution in [3.05, 3.63) is 58.6 Å². The number of carbonyl (C=O) groups is 1. The van der Waals surface area contributed by atoms with E-state index in [0.717, 1.165) is 37.9 Å². The standard InChI is InChI=1S/C21H23ClN2O4S/c1-29(26,27)24-18-10-7-16(21(25)23-11-3-2-4-12-23)13-20(18)28-14-19(24)15-5-8-17(22)9-6-15/h5-10,13,19H,2-4,11-12,14H2,1H3. The quantitative estimate of drug-likeness (QED) is 0.735. The van der Waals surface area contributed by atoms with Crippen LogP contribution in [0.15, 0.2) is 42.5 Å². The molecule has 8 heteroatoms. The van der Waals surface area contributed by atoms with E-state index in [1.165, 1.54) is 10.6 Å². The Labute approximate surface area is 176 Å². The summed E-state index contributed by atoms with van der Waals surface area (Å²) in [5.41, 5.74) is 1.75. The van der Waals surface area contributed by atoms with Gasteiger partial charge in [0.15, 0.2) is 0 Å². The van der Waals surface area contributed by atoms with Crippen LogP contribution in [0.5, 0.6) is 5.75 Å². The second-order valence-corrected chi connectivity index (χ2v) is 9.77. The molecule has 4 rings (SSSR count). The lowest BCUT2D eigenvalue weighted by molar-refractivity contribution is 0.0724. The molecule has 0 bridgehead atoms. The summed E-state index contributed by atoms with van der Waals surface area (Å²) in [6.45, 7) is 1.67.